The average molecular weight is 438 g/mol. The van der Waals surface area contributed by atoms with E-state index in [-0.39, 0.29) is 5.91 Å². The van der Waals surface area contributed by atoms with Crippen molar-refractivity contribution in [3.63, 3.8) is 0 Å². The summed E-state index contributed by atoms with van der Waals surface area (Å²) in [4.78, 5) is 18.3. The number of ether oxygens (including phenoxy) is 2. The van der Waals surface area contributed by atoms with Gasteiger partial charge >= 0.3 is 0 Å². The number of carbonyl (C=O) groups excluding carboxylic acids is 1. The van der Waals surface area contributed by atoms with Crippen LogP contribution in [-0.4, -0.2) is 59.4 Å². The van der Waals surface area contributed by atoms with Crippen molar-refractivity contribution in [3.8, 4) is 11.5 Å². The van der Waals surface area contributed by atoms with E-state index in [0.717, 1.165) is 66.3 Å². The molecule has 1 aliphatic heterocycles. The lowest BCUT2D eigenvalue weighted by Crippen LogP contribution is -2.34. The molecule has 1 fully saturated rings. The highest BCUT2D eigenvalue weighted by molar-refractivity contribution is 5.79. The lowest BCUT2D eigenvalue weighted by atomic mass is 9.93. The van der Waals surface area contributed by atoms with Gasteiger partial charge in [0.15, 0.2) is 5.65 Å². The molecule has 1 N–H and O–H groups in total. The van der Waals surface area contributed by atoms with E-state index in [1.807, 2.05) is 22.9 Å². The number of benzene rings is 1. The number of pyridine rings is 1. The molecule has 8 heteroatoms. The molecule has 4 rings (SSSR count). The third kappa shape index (κ3) is 4.85. The van der Waals surface area contributed by atoms with Crippen LogP contribution in [0.5, 0.6) is 11.5 Å². The maximum Gasteiger partial charge on any atom is 0.216 e. The zero-order chi connectivity index (χ0) is 22.5. The minimum absolute atomic E-state index is 0.0356. The highest BCUT2D eigenvalue weighted by atomic mass is 16.5. The lowest BCUT2D eigenvalue weighted by molar-refractivity contribution is -0.118. The molecule has 8 nitrogen and oxygen atoms in total. The van der Waals surface area contributed by atoms with Gasteiger partial charge in [0.2, 0.25) is 5.91 Å². The van der Waals surface area contributed by atoms with Gasteiger partial charge in [0.1, 0.15) is 11.5 Å². The summed E-state index contributed by atoms with van der Waals surface area (Å²) in [6.07, 6.45) is 4.01. The van der Waals surface area contributed by atoms with Gasteiger partial charge in [-0.05, 0) is 37.6 Å². The molecule has 1 atom stereocenters. The van der Waals surface area contributed by atoms with Crippen LogP contribution in [0.2, 0.25) is 0 Å². The molecule has 0 spiro atoms. The van der Waals surface area contributed by atoms with E-state index < -0.39 is 0 Å². The van der Waals surface area contributed by atoms with Crippen molar-refractivity contribution in [2.75, 3.05) is 33.9 Å². The smallest absolute Gasteiger partial charge is 0.216 e. The highest BCUT2D eigenvalue weighted by Crippen LogP contribution is 2.33. The molecule has 1 amide bonds. The number of fused-ring (bicyclic) bond motifs is 1. The number of rotatable bonds is 8. The lowest BCUT2D eigenvalue weighted by Gasteiger charge is -2.32. The molecule has 1 aromatic carbocycles. The van der Waals surface area contributed by atoms with E-state index in [0.29, 0.717) is 19.0 Å². The Bertz CT molecular complexity index is 1080. The first kappa shape index (κ1) is 22.1. The Morgan fingerprint density at radius 3 is 2.91 bits per heavy atom. The summed E-state index contributed by atoms with van der Waals surface area (Å²) in [5.74, 6) is 1.95. The fraction of sp³-hybridized carbons (Fsp3) is 0.458. The number of hydrogen-bond donors (Lipinski definition) is 1. The van der Waals surface area contributed by atoms with Gasteiger partial charge < -0.3 is 14.8 Å². The van der Waals surface area contributed by atoms with Crippen LogP contribution < -0.4 is 14.8 Å². The van der Waals surface area contributed by atoms with Crippen molar-refractivity contribution in [1.29, 1.82) is 0 Å². The summed E-state index contributed by atoms with van der Waals surface area (Å²) in [5, 5.41) is 8.89. The summed E-state index contributed by atoms with van der Waals surface area (Å²) < 4.78 is 12.8. The predicted molar refractivity (Wildman–Crippen MR) is 123 cm³/mol. The Balaban J connectivity index is 1.53. The van der Waals surface area contributed by atoms with Gasteiger partial charge in [0.25, 0.3) is 0 Å². The first-order valence-corrected chi connectivity index (χ1v) is 11.1. The number of aromatic nitrogens is 3. The molecule has 3 heterocycles. The third-order valence-corrected chi connectivity index (χ3v) is 6.01. The monoisotopic (exact) mass is 437 g/mol. The number of carbonyl (C=O) groups is 1. The van der Waals surface area contributed by atoms with Crippen LogP contribution in [0, 0.1) is 0 Å². The summed E-state index contributed by atoms with van der Waals surface area (Å²) in [6, 6.07) is 10.1. The standard InChI is InChI=1S/C24H31N5O3/c1-17(30)25-11-13-29-24-21(7-4-10-26-24)23(27-29)19-6-5-12-28(16-19)15-18-8-9-20(31-2)14-22(18)32-3/h4,7-10,14,19H,5-6,11-13,15-16H2,1-3H3,(H,25,30). The summed E-state index contributed by atoms with van der Waals surface area (Å²) in [7, 11) is 3.36. The van der Waals surface area contributed by atoms with Crippen molar-refractivity contribution in [2.45, 2.75) is 38.8 Å². The Morgan fingerprint density at radius 1 is 1.25 bits per heavy atom. The third-order valence-electron chi connectivity index (χ3n) is 6.01. The Kier molecular flexibility index (Phi) is 6.90. The molecule has 170 valence electrons. The Labute approximate surface area is 188 Å². The number of nitrogens with zero attached hydrogens (tertiary/aromatic N) is 4. The molecule has 1 saturated heterocycles. The van der Waals surface area contributed by atoms with Crippen molar-refractivity contribution >= 4 is 16.9 Å². The second-order valence-electron chi connectivity index (χ2n) is 8.22. The van der Waals surface area contributed by atoms with Gasteiger partial charge in [-0.25, -0.2) is 9.67 Å². The van der Waals surface area contributed by atoms with E-state index in [9.17, 15) is 4.79 Å². The molecular formula is C24H31N5O3. The van der Waals surface area contributed by atoms with Crippen LogP contribution in [0.25, 0.3) is 11.0 Å². The molecule has 0 aliphatic carbocycles. The molecule has 32 heavy (non-hydrogen) atoms. The van der Waals surface area contributed by atoms with Gasteiger partial charge in [-0.15, -0.1) is 0 Å². The minimum Gasteiger partial charge on any atom is -0.497 e. The number of likely N-dealkylation sites (tertiary alicyclic amines) is 1. The van der Waals surface area contributed by atoms with Gasteiger partial charge in [0, 0.05) is 55.7 Å². The predicted octanol–water partition coefficient (Wildman–Crippen LogP) is 2.96. The van der Waals surface area contributed by atoms with Gasteiger partial charge in [-0.3, -0.25) is 9.69 Å². The Morgan fingerprint density at radius 2 is 2.12 bits per heavy atom. The second kappa shape index (κ2) is 9.99. The van der Waals surface area contributed by atoms with E-state index in [4.69, 9.17) is 14.6 Å². The largest absolute Gasteiger partial charge is 0.497 e. The van der Waals surface area contributed by atoms with Gasteiger partial charge in [0.05, 0.1) is 26.5 Å². The van der Waals surface area contributed by atoms with Crippen molar-refractivity contribution in [2.24, 2.45) is 0 Å². The van der Waals surface area contributed by atoms with E-state index in [1.165, 1.54) is 6.92 Å². The molecule has 1 aliphatic rings. The zero-order valence-corrected chi connectivity index (χ0v) is 19.0. The number of hydrogen-bond acceptors (Lipinski definition) is 6. The van der Waals surface area contributed by atoms with Crippen molar-refractivity contribution < 1.29 is 14.3 Å². The van der Waals surface area contributed by atoms with Crippen molar-refractivity contribution in [1.82, 2.24) is 25.0 Å². The van der Waals surface area contributed by atoms with E-state index in [1.54, 1.807) is 20.4 Å². The van der Waals surface area contributed by atoms with E-state index >= 15 is 0 Å². The number of methoxy groups -OCH3 is 2. The SMILES string of the molecule is COc1ccc(CN2CCCC(c3nn(CCNC(C)=O)c4ncccc34)C2)c(OC)c1. The second-order valence-corrected chi connectivity index (χ2v) is 8.22. The van der Waals surface area contributed by atoms with Gasteiger partial charge in [-0.1, -0.05) is 6.07 Å². The van der Waals surface area contributed by atoms with Crippen LogP contribution in [0.15, 0.2) is 36.5 Å². The molecule has 2 aromatic heterocycles. The van der Waals surface area contributed by atoms with Crippen molar-refractivity contribution in [3.05, 3.63) is 47.8 Å². The summed E-state index contributed by atoms with van der Waals surface area (Å²) >= 11 is 0. The highest BCUT2D eigenvalue weighted by Gasteiger charge is 2.26. The topological polar surface area (TPSA) is 81.5 Å². The van der Waals surface area contributed by atoms with Gasteiger partial charge in [-0.2, -0.15) is 5.10 Å². The first-order chi connectivity index (χ1) is 15.6. The number of piperidine rings is 1. The van der Waals surface area contributed by atoms with Crippen LogP contribution in [-0.2, 0) is 17.9 Å². The number of amides is 1. The average Bonchev–Trinajstić information content (AvgIpc) is 3.18. The molecule has 0 saturated carbocycles. The molecule has 0 bridgehead atoms. The van der Waals surface area contributed by atoms with Crippen LogP contribution in [0.4, 0.5) is 0 Å². The molecular weight excluding hydrogens is 406 g/mol. The van der Waals surface area contributed by atoms with Crippen LogP contribution >= 0.6 is 0 Å². The summed E-state index contributed by atoms with van der Waals surface area (Å²) in [6.45, 7) is 5.47. The molecule has 3 aromatic rings. The van der Waals surface area contributed by atoms with E-state index in [2.05, 4.69) is 27.3 Å². The minimum atomic E-state index is -0.0356. The maximum atomic E-state index is 11.2. The van der Waals surface area contributed by atoms with Crippen LogP contribution in [0.1, 0.15) is 36.9 Å². The Hall–Kier alpha value is -3.13. The quantitative estimate of drug-likeness (QED) is 0.584. The molecule has 0 radical (unpaired) electrons. The first-order valence-electron chi connectivity index (χ1n) is 11.1. The van der Waals surface area contributed by atoms with Crippen LogP contribution in [0.3, 0.4) is 0 Å². The number of nitrogens with one attached hydrogen (secondary N) is 1. The zero-order valence-electron chi connectivity index (χ0n) is 19.0. The normalized spacial score (nSPS) is 16.8. The summed E-state index contributed by atoms with van der Waals surface area (Å²) in [5.41, 5.74) is 3.13. The molecule has 1 unspecified atom stereocenters. The fourth-order valence-corrected chi connectivity index (χ4v) is 4.47. The maximum absolute atomic E-state index is 11.2. The fourth-order valence-electron chi connectivity index (χ4n) is 4.47.